The predicted octanol–water partition coefficient (Wildman–Crippen LogP) is 4.87. The molecule has 3 aromatic rings. The van der Waals surface area contributed by atoms with Gasteiger partial charge in [0.2, 0.25) is 5.91 Å². The van der Waals surface area contributed by atoms with E-state index in [-0.39, 0.29) is 22.8 Å². The predicted molar refractivity (Wildman–Crippen MR) is 105 cm³/mol. The number of halogens is 2. The van der Waals surface area contributed by atoms with Crippen molar-refractivity contribution < 1.29 is 28.2 Å². The van der Waals surface area contributed by atoms with Crippen molar-refractivity contribution >= 4 is 28.9 Å². The van der Waals surface area contributed by atoms with Gasteiger partial charge in [0.05, 0.1) is 12.8 Å². The number of anilines is 1. The molecule has 0 bridgehead atoms. The first-order valence-electron chi connectivity index (χ1n) is 8.68. The molecule has 4 rings (SSSR count). The third-order valence-electron chi connectivity index (χ3n) is 4.82. The highest BCUT2D eigenvalue weighted by atomic mass is 32.1. The van der Waals surface area contributed by atoms with Crippen molar-refractivity contribution in [3.8, 4) is 16.9 Å². The molecule has 2 heterocycles. The molecule has 0 saturated carbocycles. The van der Waals surface area contributed by atoms with Crippen LogP contribution in [-0.4, -0.2) is 24.1 Å². The summed E-state index contributed by atoms with van der Waals surface area (Å²) in [7, 11) is 1.52. The molecule has 148 valence electrons. The molecule has 8 heteroatoms. The molecule has 0 spiro atoms. The molecule has 1 atom stereocenters. The number of thiophene rings is 1. The minimum Gasteiger partial charge on any atom is -0.497 e. The Hall–Kier alpha value is -3.26. The normalized spacial score (nSPS) is 15.6. The largest absolute Gasteiger partial charge is 0.497 e. The first-order valence-corrected chi connectivity index (χ1v) is 9.50. The number of carboxylic acids is 1. The standard InChI is InChI=1S/C21H15F2NO4S/c1-28-12-5-2-10(3-6-12)17-18-19(29-20(17)21(26)27)14(9-16(25)24-18)13-7-4-11(22)8-15(13)23/h2-8,14H,9H2,1H3,(H,24,25)(H,26,27). The number of carbonyl (C=O) groups is 2. The summed E-state index contributed by atoms with van der Waals surface area (Å²) in [6.45, 7) is 0. The van der Waals surface area contributed by atoms with Crippen molar-refractivity contribution in [3.63, 3.8) is 0 Å². The van der Waals surface area contributed by atoms with Gasteiger partial charge in [0.1, 0.15) is 22.3 Å². The molecule has 2 aromatic carbocycles. The second-order valence-electron chi connectivity index (χ2n) is 6.55. The Morgan fingerprint density at radius 2 is 1.93 bits per heavy atom. The Bertz CT molecular complexity index is 1120. The molecule has 1 aliphatic heterocycles. The van der Waals surface area contributed by atoms with Crippen molar-refractivity contribution in [3.05, 3.63) is 69.4 Å². The van der Waals surface area contributed by atoms with Gasteiger partial charge in [-0.3, -0.25) is 4.79 Å². The highest BCUT2D eigenvalue weighted by molar-refractivity contribution is 7.15. The van der Waals surface area contributed by atoms with E-state index in [2.05, 4.69) is 5.32 Å². The minimum absolute atomic E-state index is 0.0369. The Morgan fingerprint density at radius 3 is 2.55 bits per heavy atom. The fourth-order valence-corrected chi connectivity index (χ4v) is 4.74. The number of nitrogens with one attached hydrogen (secondary N) is 1. The number of hydrogen-bond donors (Lipinski definition) is 2. The first-order chi connectivity index (χ1) is 13.9. The summed E-state index contributed by atoms with van der Waals surface area (Å²) in [5, 5.41) is 12.5. The van der Waals surface area contributed by atoms with Gasteiger partial charge in [-0.1, -0.05) is 18.2 Å². The molecule has 0 saturated heterocycles. The summed E-state index contributed by atoms with van der Waals surface area (Å²) in [6.07, 6.45) is -0.0584. The van der Waals surface area contributed by atoms with Crippen LogP contribution >= 0.6 is 11.3 Å². The maximum Gasteiger partial charge on any atom is 0.346 e. The second-order valence-corrected chi connectivity index (χ2v) is 7.60. The SMILES string of the molecule is COc1ccc(-c2c(C(=O)O)sc3c2NC(=O)CC3c2ccc(F)cc2F)cc1. The molecule has 29 heavy (non-hydrogen) atoms. The van der Waals surface area contributed by atoms with Crippen LogP contribution in [0, 0.1) is 11.6 Å². The molecular formula is C21H15F2NO4S. The van der Waals surface area contributed by atoms with Crippen LogP contribution in [0.5, 0.6) is 5.75 Å². The van der Waals surface area contributed by atoms with Gasteiger partial charge in [-0.2, -0.15) is 0 Å². The topological polar surface area (TPSA) is 75.6 Å². The number of rotatable bonds is 4. The molecule has 0 fully saturated rings. The third kappa shape index (κ3) is 3.36. The molecule has 2 N–H and O–H groups in total. The van der Waals surface area contributed by atoms with Crippen LogP contribution in [0.2, 0.25) is 0 Å². The van der Waals surface area contributed by atoms with Gasteiger partial charge in [-0.15, -0.1) is 11.3 Å². The van der Waals surface area contributed by atoms with E-state index >= 15 is 0 Å². The number of carbonyl (C=O) groups excluding carboxylic acids is 1. The Balaban J connectivity index is 1.92. The van der Waals surface area contributed by atoms with E-state index in [1.807, 2.05) is 0 Å². The molecule has 1 unspecified atom stereocenters. The maximum absolute atomic E-state index is 14.4. The lowest BCUT2D eigenvalue weighted by molar-refractivity contribution is -0.116. The summed E-state index contributed by atoms with van der Waals surface area (Å²) in [4.78, 5) is 24.9. The number of fused-ring (bicyclic) bond motifs is 1. The van der Waals surface area contributed by atoms with E-state index < -0.39 is 23.5 Å². The van der Waals surface area contributed by atoms with Gasteiger partial charge < -0.3 is 15.2 Å². The zero-order valence-corrected chi connectivity index (χ0v) is 16.0. The number of methoxy groups -OCH3 is 1. The lowest BCUT2D eigenvalue weighted by atomic mass is 9.88. The zero-order chi connectivity index (χ0) is 20.7. The van der Waals surface area contributed by atoms with Gasteiger partial charge in [0, 0.05) is 28.8 Å². The molecule has 0 aliphatic carbocycles. The molecule has 0 radical (unpaired) electrons. The lowest BCUT2D eigenvalue weighted by Crippen LogP contribution is -2.23. The van der Waals surface area contributed by atoms with Crippen LogP contribution in [0.3, 0.4) is 0 Å². The van der Waals surface area contributed by atoms with Crippen LogP contribution in [0.15, 0.2) is 42.5 Å². The summed E-state index contributed by atoms with van der Waals surface area (Å²) in [6, 6.07) is 9.95. The Morgan fingerprint density at radius 1 is 1.21 bits per heavy atom. The fourth-order valence-electron chi connectivity index (χ4n) is 3.51. The number of amides is 1. The maximum atomic E-state index is 14.4. The zero-order valence-electron chi connectivity index (χ0n) is 15.2. The first kappa shape index (κ1) is 19.1. The number of carboxylic acid groups (broad SMARTS) is 1. The van der Waals surface area contributed by atoms with E-state index in [4.69, 9.17) is 4.74 Å². The van der Waals surface area contributed by atoms with Gasteiger partial charge >= 0.3 is 5.97 Å². The molecular weight excluding hydrogens is 400 g/mol. The smallest absolute Gasteiger partial charge is 0.346 e. The highest BCUT2D eigenvalue weighted by Crippen LogP contribution is 2.49. The van der Waals surface area contributed by atoms with Crippen molar-refractivity contribution in [2.45, 2.75) is 12.3 Å². The summed E-state index contributed by atoms with van der Waals surface area (Å²) >= 11 is 0.987. The summed E-state index contributed by atoms with van der Waals surface area (Å²) < 4.78 is 32.9. The van der Waals surface area contributed by atoms with Gasteiger partial charge in [-0.25, -0.2) is 13.6 Å². The molecule has 1 amide bonds. The molecule has 1 aliphatic rings. The lowest BCUT2D eigenvalue weighted by Gasteiger charge is -2.24. The average molecular weight is 415 g/mol. The third-order valence-corrected chi connectivity index (χ3v) is 6.11. The monoisotopic (exact) mass is 415 g/mol. The van der Waals surface area contributed by atoms with Crippen LogP contribution < -0.4 is 10.1 Å². The number of benzene rings is 2. The van der Waals surface area contributed by atoms with Gasteiger partial charge in [0.25, 0.3) is 0 Å². The molecule has 5 nitrogen and oxygen atoms in total. The van der Waals surface area contributed by atoms with Crippen molar-refractivity contribution in [2.24, 2.45) is 0 Å². The van der Waals surface area contributed by atoms with Crippen molar-refractivity contribution in [1.82, 2.24) is 0 Å². The Labute approximate surface area is 168 Å². The van der Waals surface area contributed by atoms with Crippen molar-refractivity contribution in [1.29, 1.82) is 0 Å². The van der Waals surface area contributed by atoms with E-state index in [9.17, 15) is 23.5 Å². The van der Waals surface area contributed by atoms with E-state index in [1.54, 1.807) is 24.3 Å². The number of ether oxygens (including phenoxy) is 1. The highest BCUT2D eigenvalue weighted by Gasteiger charge is 2.35. The summed E-state index contributed by atoms with van der Waals surface area (Å²) in [5.74, 6) is -3.10. The van der Waals surface area contributed by atoms with E-state index in [0.717, 1.165) is 23.5 Å². The van der Waals surface area contributed by atoms with Crippen LogP contribution in [0.25, 0.3) is 11.1 Å². The fraction of sp³-hybridized carbons (Fsp3) is 0.143. The van der Waals surface area contributed by atoms with Gasteiger partial charge in [-0.05, 0) is 29.3 Å². The van der Waals surface area contributed by atoms with Crippen LogP contribution in [-0.2, 0) is 4.79 Å². The van der Waals surface area contributed by atoms with Crippen LogP contribution in [0.1, 0.15) is 32.5 Å². The molecule has 1 aromatic heterocycles. The van der Waals surface area contributed by atoms with Gasteiger partial charge in [0.15, 0.2) is 0 Å². The minimum atomic E-state index is -1.15. The second kappa shape index (κ2) is 7.29. The van der Waals surface area contributed by atoms with E-state index in [1.165, 1.54) is 13.2 Å². The quantitative estimate of drug-likeness (QED) is 0.637. The number of hydrogen-bond acceptors (Lipinski definition) is 4. The van der Waals surface area contributed by atoms with E-state index in [0.29, 0.717) is 27.4 Å². The summed E-state index contributed by atoms with van der Waals surface area (Å²) in [5.41, 5.74) is 1.45. The Kier molecular flexibility index (Phi) is 4.79. The van der Waals surface area contributed by atoms with Crippen LogP contribution in [0.4, 0.5) is 14.5 Å². The average Bonchev–Trinajstić information content (AvgIpc) is 3.07. The van der Waals surface area contributed by atoms with Crippen molar-refractivity contribution in [2.75, 3.05) is 12.4 Å². The number of aromatic carboxylic acids is 1.